The topological polar surface area (TPSA) is 81.7 Å². The van der Waals surface area contributed by atoms with E-state index >= 15 is 0 Å². The molecule has 2 aromatic rings. The lowest BCUT2D eigenvalue weighted by molar-refractivity contribution is 0.0664. The third-order valence-corrected chi connectivity index (χ3v) is 5.34. The summed E-state index contributed by atoms with van der Waals surface area (Å²) in [6.07, 6.45) is 0.698. The molecule has 1 aliphatic heterocycles. The Balaban J connectivity index is 1.49. The number of aliphatic hydroxyl groups is 1. The molecule has 1 heterocycles. The summed E-state index contributed by atoms with van der Waals surface area (Å²) in [6.45, 7) is 1.43. The first-order valence-corrected chi connectivity index (χ1v) is 9.75. The monoisotopic (exact) mass is 399 g/mol. The number of amides is 3. The quantitative estimate of drug-likeness (QED) is 0.723. The maximum atomic E-state index is 13.1. The molecule has 0 bridgehead atoms. The van der Waals surface area contributed by atoms with Crippen molar-refractivity contribution >= 4 is 11.9 Å². The number of urea groups is 1. The van der Waals surface area contributed by atoms with Crippen molar-refractivity contribution in [2.45, 2.75) is 25.5 Å². The van der Waals surface area contributed by atoms with Crippen molar-refractivity contribution in [3.05, 3.63) is 71.0 Å². The fourth-order valence-corrected chi connectivity index (χ4v) is 3.61. The molecule has 3 rings (SSSR count). The van der Waals surface area contributed by atoms with Crippen LogP contribution in [0, 0.1) is 11.7 Å². The minimum Gasteiger partial charge on any atom is -0.388 e. The molecule has 6 nitrogen and oxygen atoms in total. The summed E-state index contributed by atoms with van der Waals surface area (Å²) in [7, 11) is 1.58. The SMILES string of the molecule is CNC(=O)c1cccc(CNC(=O)N2CCC([C@H](O)c3ccc(F)cc3)CC2)c1. The zero-order valence-electron chi connectivity index (χ0n) is 16.4. The predicted octanol–water partition coefficient (Wildman–Crippen LogP) is 2.84. The zero-order chi connectivity index (χ0) is 20.8. The smallest absolute Gasteiger partial charge is 0.317 e. The highest BCUT2D eigenvalue weighted by Gasteiger charge is 2.28. The molecule has 1 fully saturated rings. The van der Waals surface area contributed by atoms with Gasteiger partial charge in [-0.3, -0.25) is 4.79 Å². The number of rotatable bonds is 5. The predicted molar refractivity (Wildman–Crippen MR) is 108 cm³/mol. The van der Waals surface area contributed by atoms with Gasteiger partial charge in [0.15, 0.2) is 0 Å². The summed E-state index contributed by atoms with van der Waals surface area (Å²) in [5, 5.41) is 16.0. The highest BCUT2D eigenvalue weighted by molar-refractivity contribution is 5.94. The Bertz CT molecular complexity index is 849. The number of carbonyl (C=O) groups is 2. The van der Waals surface area contributed by atoms with E-state index in [-0.39, 0.29) is 23.7 Å². The number of aliphatic hydroxyl groups excluding tert-OH is 1. The van der Waals surface area contributed by atoms with E-state index in [1.807, 2.05) is 6.07 Å². The molecule has 3 amide bonds. The second kappa shape index (κ2) is 9.52. The van der Waals surface area contributed by atoms with E-state index < -0.39 is 6.10 Å². The average Bonchev–Trinajstić information content (AvgIpc) is 2.77. The molecule has 0 saturated carbocycles. The van der Waals surface area contributed by atoms with E-state index in [0.717, 1.165) is 5.56 Å². The highest BCUT2D eigenvalue weighted by atomic mass is 19.1. The van der Waals surface area contributed by atoms with Crippen molar-refractivity contribution in [1.82, 2.24) is 15.5 Å². The second-order valence-corrected chi connectivity index (χ2v) is 7.26. The molecule has 0 unspecified atom stereocenters. The van der Waals surface area contributed by atoms with Gasteiger partial charge in [-0.2, -0.15) is 0 Å². The summed E-state index contributed by atoms with van der Waals surface area (Å²) >= 11 is 0. The Morgan fingerprint density at radius 1 is 1.17 bits per heavy atom. The number of nitrogens with one attached hydrogen (secondary N) is 2. The minimum atomic E-state index is -0.659. The van der Waals surface area contributed by atoms with Crippen molar-refractivity contribution in [1.29, 1.82) is 0 Å². The Hall–Kier alpha value is -2.93. The maximum Gasteiger partial charge on any atom is 0.317 e. The van der Waals surface area contributed by atoms with Gasteiger partial charge in [0.2, 0.25) is 0 Å². The number of halogens is 1. The molecule has 0 aliphatic carbocycles. The van der Waals surface area contributed by atoms with Crippen LogP contribution >= 0.6 is 0 Å². The fourth-order valence-electron chi connectivity index (χ4n) is 3.61. The van der Waals surface area contributed by atoms with E-state index in [0.29, 0.717) is 43.6 Å². The van der Waals surface area contributed by atoms with Crippen molar-refractivity contribution in [3.63, 3.8) is 0 Å². The van der Waals surface area contributed by atoms with Crippen LogP contribution in [0.4, 0.5) is 9.18 Å². The Kier molecular flexibility index (Phi) is 6.82. The molecule has 7 heteroatoms. The second-order valence-electron chi connectivity index (χ2n) is 7.26. The Labute approximate surface area is 169 Å². The molecular formula is C22H26FN3O3. The lowest BCUT2D eigenvalue weighted by Crippen LogP contribution is -2.44. The molecular weight excluding hydrogens is 373 g/mol. The van der Waals surface area contributed by atoms with Gasteiger partial charge in [0.1, 0.15) is 5.82 Å². The standard InChI is InChI=1S/C22H26FN3O3/c1-24-21(28)18-4-2-3-15(13-18)14-25-22(29)26-11-9-17(10-12-26)20(27)16-5-7-19(23)8-6-16/h2-8,13,17,20,27H,9-12,14H2,1H3,(H,24,28)(H,25,29)/t20-/m1/s1. The normalized spacial score (nSPS) is 15.6. The first-order chi connectivity index (χ1) is 14.0. The number of hydrogen-bond acceptors (Lipinski definition) is 3. The molecule has 1 saturated heterocycles. The fraction of sp³-hybridized carbons (Fsp3) is 0.364. The summed E-state index contributed by atoms with van der Waals surface area (Å²) < 4.78 is 13.1. The van der Waals surface area contributed by atoms with Gasteiger partial charge in [-0.05, 0) is 54.2 Å². The van der Waals surface area contributed by atoms with Gasteiger partial charge in [0.25, 0.3) is 5.91 Å². The van der Waals surface area contributed by atoms with Gasteiger partial charge in [-0.25, -0.2) is 9.18 Å². The number of carbonyl (C=O) groups excluding carboxylic acids is 2. The van der Waals surface area contributed by atoms with Gasteiger partial charge in [-0.15, -0.1) is 0 Å². The van der Waals surface area contributed by atoms with Crippen LogP contribution in [-0.2, 0) is 6.54 Å². The van der Waals surface area contributed by atoms with E-state index in [2.05, 4.69) is 10.6 Å². The van der Waals surface area contributed by atoms with Crippen LogP contribution in [0.2, 0.25) is 0 Å². The summed E-state index contributed by atoms with van der Waals surface area (Å²) in [6, 6.07) is 12.9. The van der Waals surface area contributed by atoms with Crippen LogP contribution in [0.15, 0.2) is 48.5 Å². The summed E-state index contributed by atoms with van der Waals surface area (Å²) in [5.74, 6) is -0.456. The number of benzene rings is 2. The molecule has 1 atom stereocenters. The molecule has 154 valence electrons. The number of piperidine rings is 1. The minimum absolute atomic E-state index is 0.0359. The van der Waals surface area contributed by atoms with Crippen LogP contribution < -0.4 is 10.6 Å². The largest absolute Gasteiger partial charge is 0.388 e. The Morgan fingerprint density at radius 2 is 1.86 bits per heavy atom. The highest BCUT2D eigenvalue weighted by Crippen LogP contribution is 2.30. The first-order valence-electron chi connectivity index (χ1n) is 9.75. The molecule has 0 aromatic heterocycles. The summed E-state index contributed by atoms with van der Waals surface area (Å²) in [4.78, 5) is 25.9. The average molecular weight is 399 g/mol. The van der Waals surface area contributed by atoms with Crippen molar-refractivity contribution in [2.75, 3.05) is 20.1 Å². The molecule has 29 heavy (non-hydrogen) atoms. The van der Waals surface area contributed by atoms with E-state index in [4.69, 9.17) is 0 Å². The van der Waals surface area contributed by atoms with Gasteiger partial charge in [0, 0.05) is 32.2 Å². The Morgan fingerprint density at radius 3 is 2.52 bits per heavy atom. The number of likely N-dealkylation sites (tertiary alicyclic amines) is 1. The van der Waals surface area contributed by atoms with Crippen molar-refractivity contribution < 1.29 is 19.1 Å². The van der Waals surface area contributed by atoms with Crippen molar-refractivity contribution in [3.8, 4) is 0 Å². The lowest BCUT2D eigenvalue weighted by atomic mass is 9.87. The van der Waals surface area contributed by atoms with Crippen LogP contribution in [0.25, 0.3) is 0 Å². The van der Waals surface area contributed by atoms with Gasteiger partial charge in [0.05, 0.1) is 6.10 Å². The maximum absolute atomic E-state index is 13.1. The summed E-state index contributed by atoms with van der Waals surface area (Å²) in [5.41, 5.74) is 2.10. The van der Waals surface area contributed by atoms with E-state index in [1.54, 1.807) is 42.3 Å². The van der Waals surface area contributed by atoms with Crippen LogP contribution in [-0.4, -0.2) is 42.1 Å². The zero-order valence-corrected chi connectivity index (χ0v) is 16.4. The van der Waals surface area contributed by atoms with Crippen LogP contribution in [0.5, 0.6) is 0 Å². The van der Waals surface area contributed by atoms with Gasteiger partial charge >= 0.3 is 6.03 Å². The van der Waals surface area contributed by atoms with Gasteiger partial charge < -0.3 is 20.6 Å². The molecule has 1 aliphatic rings. The van der Waals surface area contributed by atoms with Crippen molar-refractivity contribution in [2.24, 2.45) is 5.92 Å². The third kappa shape index (κ3) is 5.32. The van der Waals surface area contributed by atoms with E-state index in [9.17, 15) is 19.1 Å². The molecule has 0 radical (unpaired) electrons. The first kappa shape index (κ1) is 20.8. The molecule has 3 N–H and O–H groups in total. The molecule has 0 spiro atoms. The number of nitrogens with zero attached hydrogens (tertiary/aromatic N) is 1. The van der Waals surface area contributed by atoms with Gasteiger partial charge in [-0.1, -0.05) is 24.3 Å². The van der Waals surface area contributed by atoms with Crippen LogP contribution in [0.3, 0.4) is 0 Å². The lowest BCUT2D eigenvalue weighted by Gasteiger charge is -2.34. The number of hydrogen-bond donors (Lipinski definition) is 3. The van der Waals surface area contributed by atoms with Crippen LogP contribution in [0.1, 0.15) is 40.4 Å². The molecule has 2 aromatic carbocycles. The third-order valence-electron chi connectivity index (χ3n) is 5.34. The van der Waals surface area contributed by atoms with E-state index in [1.165, 1.54) is 12.1 Å².